The number of aryl methyl sites for hydroxylation is 2. The number of amides is 1. The highest BCUT2D eigenvalue weighted by atomic mass is 16.5. The van der Waals surface area contributed by atoms with E-state index in [0.29, 0.717) is 30.6 Å². The Balaban J connectivity index is 1.47. The molecule has 7 heteroatoms. The third kappa shape index (κ3) is 3.60. The van der Waals surface area contributed by atoms with E-state index in [2.05, 4.69) is 22.1 Å². The van der Waals surface area contributed by atoms with Crippen molar-refractivity contribution >= 4 is 23.0 Å². The lowest BCUT2D eigenvalue weighted by Crippen LogP contribution is -2.30. The highest BCUT2D eigenvalue weighted by molar-refractivity contribution is 5.96. The van der Waals surface area contributed by atoms with Crippen molar-refractivity contribution in [3.63, 3.8) is 0 Å². The molecule has 0 aliphatic carbocycles. The van der Waals surface area contributed by atoms with Crippen molar-refractivity contribution in [1.29, 1.82) is 0 Å². The molecule has 1 saturated heterocycles. The third-order valence-corrected chi connectivity index (χ3v) is 5.20. The molecular formula is C21H22N4O3. The van der Waals surface area contributed by atoms with Gasteiger partial charge in [-0.2, -0.15) is 0 Å². The number of carbonyl (C=O) groups is 2. The van der Waals surface area contributed by atoms with E-state index >= 15 is 0 Å². The summed E-state index contributed by atoms with van der Waals surface area (Å²) in [7, 11) is 1.37. The lowest BCUT2D eigenvalue weighted by atomic mass is 10.1. The van der Waals surface area contributed by atoms with Gasteiger partial charge < -0.3 is 14.2 Å². The van der Waals surface area contributed by atoms with Crippen molar-refractivity contribution in [3.8, 4) is 0 Å². The van der Waals surface area contributed by atoms with E-state index in [1.54, 1.807) is 23.5 Å². The molecule has 1 aromatic carbocycles. The monoisotopic (exact) mass is 378 g/mol. The highest BCUT2D eigenvalue weighted by Gasteiger charge is 2.32. The lowest BCUT2D eigenvalue weighted by Gasteiger charge is -2.16. The van der Waals surface area contributed by atoms with Gasteiger partial charge in [-0.05, 0) is 24.5 Å². The van der Waals surface area contributed by atoms with Gasteiger partial charge in [-0.1, -0.05) is 30.3 Å². The second-order valence-electron chi connectivity index (χ2n) is 7.00. The van der Waals surface area contributed by atoms with Gasteiger partial charge in [-0.25, -0.2) is 9.97 Å². The summed E-state index contributed by atoms with van der Waals surface area (Å²) in [6.45, 7) is 1.70. The Morgan fingerprint density at radius 3 is 2.82 bits per heavy atom. The maximum Gasteiger partial charge on any atom is 0.310 e. The molecule has 7 nitrogen and oxygen atoms in total. The van der Waals surface area contributed by atoms with E-state index in [9.17, 15) is 9.59 Å². The van der Waals surface area contributed by atoms with E-state index in [1.165, 1.54) is 12.7 Å². The van der Waals surface area contributed by atoms with E-state index < -0.39 is 0 Å². The fourth-order valence-corrected chi connectivity index (χ4v) is 3.61. The molecule has 1 amide bonds. The summed E-state index contributed by atoms with van der Waals surface area (Å²) >= 11 is 0. The number of esters is 1. The molecular weight excluding hydrogens is 356 g/mol. The quantitative estimate of drug-likeness (QED) is 0.637. The summed E-state index contributed by atoms with van der Waals surface area (Å²) in [5, 5.41) is 0. The van der Waals surface area contributed by atoms with Crippen molar-refractivity contribution in [1.82, 2.24) is 19.4 Å². The minimum atomic E-state index is -0.263. The fraction of sp³-hybridized carbons (Fsp3) is 0.333. The summed E-state index contributed by atoms with van der Waals surface area (Å²) in [5.41, 5.74) is 3.21. The maximum absolute atomic E-state index is 12.8. The molecule has 0 radical (unpaired) electrons. The number of nitrogens with zero attached hydrogens (tertiary/aromatic N) is 4. The average molecular weight is 378 g/mol. The predicted octanol–water partition coefficient (Wildman–Crippen LogP) is 2.31. The van der Waals surface area contributed by atoms with Crippen LogP contribution in [0, 0.1) is 5.92 Å². The first-order valence-corrected chi connectivity index (χ1v) is 9.37. The van der Waals surface area contributed by atoms with Crippen LogP contribution in [0.3, 0.4) is 0 Å². The zero-order valence-corrected chi connectivity index (χ0v) is 15.7. The normalized spacial score (nSPS) is 16.5. The zero-order chi connectivity index (χ0) is 19.5. The molecule has 1 aliphatic heterocycles. The minimum Gasteiger partial charge on any atom is -0.469 e. The van der Waals surface area contributed by atoms with Gasteiger partial charge in [-0.15, -0.1) is 0 Å². The predicted molar refractivity (Wildman–Crippen MR) is 104 cm³/mol. The van der Waals surface area contributed by atoms with Gasteiger partial charge in [0, 0.05) is 25.8 Å². The van der Waals surface area contributed by atoms with E-state index in [4.69, 9.17) is 4.74 Å². The number of carbonyl (C=O) groups excluding carboxylic acids is 2. The number of benzene rings is 1. The summed E-state index contributed by atoms with van der Waals surface area (Å²) in [4.78, 5) is 35.0. The van der Waals surface area contributed by atoms with Gasteiger partial charge in [0.05, 0.1) is 24.9 Å². The molecule has 28 heavy (non-hydrogen) atoms. The van der Waals surface area contributed by atoms with Crippen LogP contribution >= 0.6 is 0 Å². The number of likely N-dealkylation sites (tertiary alicyclic amines) is 1. The molecule has 1 fully saturated rings. The second-order valence-corrected chi connectivity index (χ2v) is 7.00. The molecule has 1 unspecified atom stereocenters. The van der Waals surface area contributed by atoms with Crippen LogP contribution in [0.1, 0.15) is 22.3 Å². The largest absolute Gasteiger partial charge is 0.469 e. The topological polar surface area (TPSA) is 77.3 Å². The third-order valence-electron chi connectivity index (χ3n) is 5.20. The number of rotatable bonds is 5. The summed E-state index contributed by atoms with van der Waals surface area (Å²) in [5.74, 6) is -0.636. The van der Waals surface area contributed by atoms with Gasteiger partial charge in [0.15, 0.2) is 5.65 Å². The zero-order valence-electron chi connectivity index (χ0n) is 15.7. The molecule has 3 heterocycles. The van der Waals surface area contributed by atoms with Crippen molar-refractivity contribution in [3.05, 3.63) is 60.0 Å². The molecule has 3 aromatic rings. The molecule has 2 aromatic heterocycles. The first-order valence-electron chi connectivity index (χ1n) is 9.37. The Kier molecular flexibility index (Phi) is 5.06. The molecule has 1 atom stereocenters. The van der Waals surface area contributed by atoms with Gasteiger partial charge in [-0.3, -0.25) is 9.59 Å². The van der Waals surface area contributed by atoms with Crippen LogP contribution in [0.2, 0.25) is 0 Å². The molecule has 1 aliphatic rings. The van der Waals surface area contributed by atoms with Crippen LogP contribution in [-0.2, 0) is 22.5 Å². The number of pyridine rings is 1. The first kappa shape index (κ1) is 18.2. The summed E-state index contributed by atoms with van der Waals surface area (Å²) in [6.07, 6.45) is 4.87. The maximum atomic E-state index is 12.8. The molecule has 0 bridgehead atoms. The minimum absolute atomic E-state index is 0.125. The molecule has 0 N–H and O–H groups in total. The Bertz CT molecular complexity index is 999. The Morgan fingerprint density at radius 1 is 1.21 bits per heavy atom. The Morgan fingerprint density at radius 2 is 2.04 bits per heavy atom. The smallest absolute Gasteiger partial charge is 0.310 e. The van der Waals surface area contributed by atoms with Crippen LogP contribution < -0.4 is 0 Å². The molecule has 0 spiro atoms. The van der Waals surface area contributed by atoms with Crippen molar-refractivity contribution in [2.24, 2.45) is 5.92 Å². The number of aromatic nitrogens is 3. The van der Waals surface area contributed by atoms with Crippen LogP contribution in [0.4, 0.5) is 0 Å². The SMILES string of the molecule is COC(=O)C1CCN(C(=O)c2cnc3c(c2)ncn3CCc2ccccc2)C1. The second kappa shape index (κ2) is 7.80. The number of fused-ring (bicyclic) bond motifs is 1. The summed E-state index contributed by atoms with van der Waals surface area (Å²) in [6, 6.07) is 12.0. The Labute approximate surface area is 163 Å². The van der Waals surface area contributed by atoms with Gasteiger partial charge in [0.25, 0.3) is 5.91 Å². The highest BCUT2D eigenvalue weighted by Crippen LogP contribution is 2.21. The number of methoxy groups -OCH3 is 1. The van der Waals surface area contributed by atoms with Gasteiger partial charge in [0.2, 0.25) is 0 Å². The van der Waals surface area contributed by atoms with Crippen molar-refractivity contribution in [2.75, 3.05) is 20.2 Å². The average Bonchev–Trinajstić information content (AvgIpc) is 3.39. The van der Waals surface area contributed by atoms with Crippen molar-refractivity contribution in [2.45, 2.75) is 19.4 Å². The van der Waals surface area contributed by atoms with Crippen LogP contribution in [0.15, 0.2) is 48.9 Å². The van der Waals surface area contributed by atoms with Crippen LogP contribution in [0.5, 0.6) is 0 Å². The number of hydrogen-bond donors (Lipinski definition) is 0. The number of ether oxygens (including phenoxy) is 1. The van der Waals surface area contributed by atoms with E-state index in [-0.39, 0.29) is 17.8 Å². The van der Waals surface area contributed by atoms with Gasteiger partial charge in [0.1, 0.15) is 5.52 Å². The van der Waals surface area contributed by atoms with Gasteiger partial charge >= 0.3 is 5.97 Å². The molecule has 4 rings (SSSR count). The summed E-state index contributed by atoms with van der Waals surface area (Å²) < 4.78 is 6.78. The Hall–Kier alpha value is -3.22. The van der Waals surface area contributed by atoms with E-state index in [1.807, 2.05) is 22.8 Å². The lowest BCUT2D eigenvalue weighted by molar-refractivity contribution is -0.144. The number of imidazole rings is 1. The number of hydrogen-bond acceptors (Lipinski definition) is 5. The van der Waals surface area contributed by atoms with Crippen LogP contribution in [-0.4, -0.2) is 51.5 Å². The fourth-order valence-electron chi connectivity index (χ4n) is 3.61. The molecule has 144 valence electrons. The van der Waals surface area contributed by atoms with Crippen LogP contribution in [0.25, 0.3) is 11.2 Å². The van der Waals surface area contributed by atoms with Crippen molar-refractivity contribution < 1.29 is 14.3 Å². The standard InChI is InChI=1S/C21H22N4O3/c1-28-21(27)16-8-10-24(13-16)20(26)17-11-18-19(22-12-17)25(14-23-18)9-7-15-5-3-2-4-6-15/h2-6,11-12,14,16H,7-10,13H2,1H3. The first-order chi connectivity index (χ1) is 13.7. The molecule has 0 saturated carbocycles. The van der Waals surface area contributed by atoms with E-state index in [0.717, 1.165) is 18.6 Å².